The van der Waals surface area contributed by atoms with Crippen LogP contribution >= 0.6 is 0 Å². The molecule has 1 heterocycles. The molecule has 1 aromatic carbocycles. The highest BCUT2D eigenvalue weighted by Gasteiger charge is 2.16. The zero-order chi connectivity index (χ0) is 14.4. The van der Waals surface area contributed by atoms with E-state index in [0.717, 1.165) is 43.1 Å². The highest BCUT2D eigenvalue weighted by Crippen LogP contribution is 2.24. The topological polar surface area (TPSA) is 59.6 Å². The normalized spacial score (nSPS) is 15.7. The van der Waals surface area contributed by atoms with E-state index in [0.29, 0.717) is 0 Å². The first-order chi connectivity index (χ1) is 9.69. The average Bonchev–Trinajstić information content (AvgIpc) is 2.46. The second kappa shape index (κ2) is 7.14. The van der Waals surface area contributed by atoms with Gasteiger partial charge >= 0.3 is 0 Å². The molecule has 0 aliphatic carbocycles. The molecule has 5 nitrogen and oxygen atoms in total. The van der Waals surface area contributed by atoms with Crippen molar-refractivity contribution in [2.75, 3.05) is 32.2 Å². The summed E-state index contributed by atoms with van der Waals surface area (Å²) in [6.07, 6.45) is 1.78. The molecule has 1 aromatic rings. The number of ether oxygens (including phenoxy) is 2. The summed E-state index contributed by atoms with van der Waals surface area (Å²) in [5.41, 5.74) is 1.97. The van der Waals surface area contributed by atoms with Gasteiger partial charge in [-0.1, -0.05) is 6.07 Å². The maximum Gasteiger partial charge on any atom is 0.239 e. The summed E-state index contributed by atoms with van der Waals surface area (Å²) < 4.78 is 10.5. The minimum Gasteiger partial charge on any atom is -0.495 e. The van der Waals surface area contributed by atoms with Gasteiger partial charge in [0.25, 0.3) is 0 Å². The fourth-order valence-corrected chi connectivity index (χ4v) is 2.26. The van der Waals surface area contributed by atoms with Crippen LogP contribution in [-0.4, -0.2) is 38.8 Å². The van der Waals surface area contributed by atoms with Crippen molar-refractivity contribution in [2.45, 2.75) is 25.8 Å². The van der Waals surface area contributed by atoms with Crippen LogP contribution in [0.5, 0.6) is 5.75 Å². The molecule has 0 spiro atoms. The molecule has 0 saturated carbocycles. The van der Waals surface area contributed by atoms with Crippen molar-refractivity contribution in [1.82, 2.24) is 5.32 Å². The second-order valence-corrected chi connectivity index (χ2v) is 5.01. The summed E-state index contributed by atoms with van der Waals surface area (Å²) in [5.74, 6) is 0.745. The molecule has 5 heteroatoms. The Bertz CT molecular complexity index is 456. The van der Waals surface area contributed by atoms with Crippen LogP contribution in [0.15, 0.2) is 18.2 Å². The fraction of sp³-hybridized carbons (Fsp3) is 0.533. The number of aryl methyl sites for hydroxylation is 1. The molecule has 20 heavy (non-hydrogen) atoms. The minimum atomic E-state index is 0.000425. The summed E-state index contributed by atoms with van der Waals surface area (Å²) >= 11 is 0. The van der Waals surface area contributed by atoms with Crippen molar-refractivity contribution in [3.8, 4) is 5.75 Å². The van der Waals surface area contributed by atoms with E-state index in [9.17, 15) is 4.79 Å². The van der Waals surface area contributed by atoms with E-state index in [2.05, 4.69) is 10.6 Å². The first kappa shape index (κ1) is 14.7. The summed E-state index contributed by atoms with van der Waals surface area (Å²) in [5, 5.41) is 6.15. The maximum atomic E-state index is 11.9. The number of amides is 1. The molecule has 1 saturated heterocycles. The van der Waals surface area contributed by atoms with Crippen molar-refractivity contribution in [2.24, 2.45) is 0 Å². The van der Waals surface area contributed by atoms with E-state index in [1.165, 1.54) is 0 Å². The molecule has 1 aliphatic rings. The van der Waals surface area contributed by atoms with Crippen molar-refractivity contribution >= 4 is 11.6 Å². The standard InChI is InChI=1S/C15H22N2O3/c1-11-3-4-14(19-2)13(9-11)16-10-15(18)17-12-5-7-20-8-6-12/h3-4,9,12,16H,5-8,10H2,1-2H3,(H,17,18). The lowest BCUT2D eigenvalue weighted by atomic mass is 10.1. The van der Waals surface area contributed by atoms with Crippen LogP contribution in [0.1, 0.15) is 18.4 Å². The van der Waals surface area contributed by atoms with E-state index in [4.69, 9.17) is 9.47 Å². The first-order valence-corrected chi connectivity index (χ1v) is 6.94. The van der Waals surface area contributed by atoms with Gasteiger partial charge in [-0.25, -0.2) is 0 Å². The number of carbonyl (C=O) groups is 1. The second-order valence-electron chi connectivity index (χ2n) is 5.01. The zero-order valence-corrected chi connectivity index (χ0v) is 12.1. The van der Waals surface area contributed by atoms with Gasteiger partial charge in [-0.15, -0.1) is 0 Å². The Kier molecular flexibility index (Phi) is 5.24. The van der Waals surface area contributed by atoms with Gasteiger partial charge in [-0.05, 0) is 37.5 Å². The molecule has 0 bridgehead atoms. The first-order valence-electron chi connectivity index (χ1n) is 6.94. The Hall–Kier alpha value is -1.75. The lowest BCUT2D eigenvalue weighted by Crippen LogP contribution is -2.41. The summed E-state index contributed by atoms with van der Waals surface area (Å²) in [7, 11) is 1.62. The van der Waals surface area contributed by atoms with Crippen LogP contribution in [0.3, 0.4) is 0 Å². The molecule has 0 aromatic heterocycles. The third-order valence-corrected chi connectivity index (χ3v) is 3.38. The number of nitrogens with one attached hydrogen (secondary N) is 2. The number of carbonyl (C=O) groups excluding carboxylic acids is 1. The van der Waals surface area contributed by atoms with Crippen LogP contribution in [0.25, 0.3) is 0 Å². The molecule has 1 amide bonds. The number of hydrogen-bond donors (Lipinski definition) is 2. The Balaban J connectivity index is 1.84. The van der Waals surface area contributed by atoms with Crippen LogP contribution in [0.4, 0.5) is 5.69 Å². The lowest BCUT2D eigenvalue weighted by Gasteiger charge is -2.23. The number of methoxy groups -OCH3 is 1. The predicted octanol–water partition coefficient (Wildman–Crippen LogP) is 1.71. The van der Waals surface area contributed by atoms with E-state index in [1.54, 1.807) is 7.11 Å². The van der Waals surface area contributed by atoms with Gasteiger partial charge in [-0.2, -0.15) is 0 Å². The summed E-state index contributed by atoms with van der Waals surface area (Å²) in [6.45, 7) is 3.71. The molecule has 1 fully saturated rings. The van der Waals surface area contributed by atoms with Gasteiger partial charge in [0.15, 0.2) is 0 Å². The van der Waals surface area contributed by atoms with Gasteiger partial charge in [0.2, 0.25) is 5.91 Å². The maximum absolute atomic E-state index is 11.9. The molecule has 2 rings (SSSR count). The molecule has 0 radical (unpaired) electrons. The number of benzene rings is 1. The molecule has 1 aliphatic heterocycles. The highest BCUT2D eigenvalue weighted by molar-refractivity contribution is 5.81. The van der Waals surface area contributed by atoms with Gasteiger partial charge < -0.3 is 20.1 Å². The SMILES string of the molecule is COc1ccc(C)cc1NCC(=O)NC1CCOCC1. The van der Waals surface area contributed by atoms with Crippen molar-refractivity contribution < 1.29 is 14.3 Å². The number of rotatable bonds is 5. The molecule has 0 unspecified atom stereocenters. The average molecular weight is 278 g/mol. The Labute approximate surface area is 119 Å². The zero-order valence-electron chi connectivity index (χ0n) is 12.1. The van der Waals surface area contributed by atoms with Crippen molar-refractivity contribution in [3.63, 3.8) is 0 Å². The summed E-state index contributed by atoms with van der Waals surface area (Å²) in [6, 6.07) is 6.08. The predicted molar refractivity (Wildman–Crippen MR) is 78.2 cm³/mol. The van der Waals surface area contributed by atoms with Crippen LogP contribution < -0.4 is 15.4 Å². The monoisotopic (exact) mass is 278 g/mol. The quantitative estimate of drug-likeness (QED) is 0.861. The fourth-order valence-electron chi connectivity index (χ4n) is 2.26. The Morgan fingerprint density at radius 1 is 1.40 bits per heavy atom. The van der Waals surface area contributed by atoms with Crippen LogP contribution in [-0.2, 0) is 9.53 Å². The van der Waals surface area contributed by atoms with E-state index in [-0.39, 0.29) is 18.5 Å². The van der Waals surface area contributed by atoms with Gasteiger partial charge in [0, 0.05) is 19.3 Å². The molecular formula is C15H22N2O3. The molecule has 2 N–H and O–H groups in total. The van der Waals surface area contributed by atoms with Crippen molar-refractivity contribution in [1.29, 1.82) is 0 Å². The van der Waals surface area contributed by atoms with E-state index < -0.39 is 0 Å². The van der Waals surface area contributed by atoms with E-state index in [1.807, 2.05) is 25.1 Å². The Morgan fingerprint density at radius 3 is 2.85 bits per heavy atom. The third kappa shape index (κ3) is 4.13. The lowest BCUT2D eigenvalue weighted by molar-refractivity contribution is -0.120. The highest BCUT2D eigenvalue weighted by atomic mass is 16.5. The largest absolute Gasteiger partial charge is 0.495 e. The van der Waals surface area contributed by atoms with Crippen LogP contribution in [0.2, 0.25) is 0 Å². The van der Waals surface area contributed by atoms with Crippen molar-refractivity contribution in [3.05, 3.63) is 23.8 Å². The number of hydrogen-bond acceptors (Lipinski definition) is 4. The Morgan fingerprint density at radius 2 is 2.15 bits per heavy atom. The van der Waals surface area contributed by atoms with E-state index >= 15 is 0 Å². The van der Waals surface area contributed by atoms with Crippen LogP contribution in [0, 0.1) is 6.92 Å². The van der Waals surface area contributed by atoms with Gasteiger partial charge in [-0.3, -0.25) is 4.79 Å². The van der Waals surface area contributed by atoms with Gasteiger partial charge in [0.1, 0.15) is 5.75 Å². The smallest absolute Gasteiger partial charge is 0.239 e. The molecule has 110 valence electrons. The summed E-state index contributed by atoms with van der Waals surface area (Å²) in [4.78, 5) is 11.9. The molecule has 0 atom stereocenters. The third-order valence-electron chi connectivity index (χ3n) is 3.38. The minimum absolute atomic E-state index is 0.000425. The van der Waals surface area contributed by atoms with Gasteiger partial charge in [0.05, 0.1) is 19.3 Å². The molecular weight excluding hydrogens is 256 g/mol. The number of anilines is 1.